The molecule has 1 N–H and O–H groups in total. The number of fused-ring (bicyclic) bond motifs is 2. The van der Waals surface area contributed by atoms with Crippen LogP contribution in [0.3, 0.4) is 0 Å². The molecule has 1 fully saturated rings. The third-order valence-electron chi connectivity index (χ3n) is 7.07. The predicted octanol–water partition coefficient (Wildman–Crippen LogP) is 3.32. The molecule has 0 atom stereocenters. The molecule has 2 aromatic rings. The molecule has 6 nitrogen and oxygen atoms in total. The summed E-state index contributed by atoms with van der Waals surface area (Å²) in [5.74, 6) is 0.118. The van der Waals surface area contributed by atoms with E-state index in [4.69, 9.17) is 0 Å². The first kappa shape index (κ1) is 22.6. The second-order valence-electron chi connectivity index (χ2n) is 9.44. The van der Waals surface area contributed by atoms with Crippen LogP contribution in [0.1, 0.15) is 36.8 Å². The Hall–Kier alpha value is -2.54. The molecule has 1 heterocycles. The Labute approximate surface area is 191 Å². The number of nitrogens with one attached hydrogen (secondary N) is 1. The van der Waals surface area contributed by atoms with E-state index >= 15 is 0 Å². The zero-order chi connectivity index (χ0) is 22.9. The van der Waals surface area contributed by atoms with E-state index in [1.807, 2.05) is 32.3 Å². The van der Waals surface area contributed by atoms with Crippen molar-refractivity contribution in [2.75, 3.05) is 42.6 Å². The molecule has 4 rings (SSSR count). The summed E-state index contributed by atoms with van der Waals surface area (Å²) < 4.78 is 26.2. The Morgan fingerprint density at radius 3 is 2.38 bits per heavy atom. The summed E-state index contributed by atoms with van der Waals surface area (Å²) in [6.45, 7) is 1.12. The van der Waals surface area contributed by atoms with E-state index in [9.17, 15) is 13.2 Å². The molecule has 1 aliphatic carbocycles. The van der Waals surface area contributed by atoms with Crippen molar-refractivity contribution in [1.29, 1.82) is 0 Å². The van der Waals surface area contributed by atoms with E-state index in [2.05, 4.69) is 40.5 Å². The topological polar surface area (TPSA) is 69.7 Å². The second kappa shape index (κ2) is 8.77. The molecule has 172 valence electrons. The molecular weight excluding hydrogens is 422 g/mol. The molecule has 2 aromatic carbocycles. The maximum Gasteiger partial charge on any atom is 0.232 e. The van der Waals surface area contributed by atoms with Gasteiger partial charge in [0.05, 0.1) is 11.9 Å². The van der Waals surface area contributed by atoms with Crippen LogP contribution in [-0.4, -0.2) is 47.8 Å². The Morgan fingerprint density at radius 2 is 1.75 bits per heavy atom. The lowest BCUT2D eigenvalue weighted by atomic mass is 9.67. The van der Waals surface area contributed by atoms with Gasteiger partial charge in [0.25, 0.3) is 0 Å². The van der Waals surface area contributed by atoms with Crippen molar-refractivity contribution in [3.8, 4) is 0 Å². The molecule has 0 unspecified atom stereocenters. The number of hydrogen-bond acceptors (Lipinski definition) is 4. The van der Waals surface area contributed by atoms with Crippen LogP contribution in [0.15, 0.2) is 48.5 Å². The zero-order valence-electron chi connectivity index (χ0n) is 19.2. The van der Waals surface area contributed by atoms with E-state index < -0.39 is 10.0 Å². The molecule has 1 spiro atoms. The van der Waals surface area contributed by atoms with E-state index in [0.29, 0.717) is 13.1 Å². The normalized spacial score (nSPS) is 22.6. The van der Waals surface area contributed by atoms with Crippen LogP contribution in [0.5, 0.6) is 0 Å². The summed E-state index contributed by atoms with van der Waals surface area (Å²) in [6, 6.07) is 16.2. The van der Waals surface area contributed by atoms with Gasteiger partial charge in [0.1, 0.15) is 0 Å². The molecule has 7 heteroatoms. The van der Waals surface area contributed by atoms with Crippen molar-refractivity contribution in [1.82, 2.24) is 5.32 Å². The monoisotopic (exact) mass is 455 g/mol. The fourth-order valence-electron chi connectivity index (χ4n) is 5.18. The third kappa shape index (κ3) is 4.49. The van der Waals surface area contributed by atoms with Crippen LogP contribution < -0.4 is 14.5 Å². The van der Waals surface area contributed by atoms with Crippen molar-refractivity contribution in [2.45, 2.75) is 37.5 Å². The van der Waals surface area contributed by atoms with Crippen LogP contribution >= 0.6 is 0 Å². The fraction of sp³-hybridized carbons (Fsp3) is 0.480. The van der Waals surface area contributed by atoms with Gasteiger partial charge in [0.15, 0.2) is 0 Å². The van der Waals surface area contributed by atoms with Crippen molar-refractivity contribution in [3.05, 3.63) is 59.7 Å². The number of rotatable bonds is 6. The van der Waals surface area contributed by atoms with Gasteiger partial charge in [-0.05, 0) is 61.4 Å². The predicted molar refractivity (Wildman–Crippen MR) is 130 cm³/mol. The number of carbonyl (C=O) groups is 1. The van der Waals surface area contributed by atoms with Gasteiger partial charge >= 0.3 is 0 Å². The zero-order valence-corrected chi connectivity index (χ0v) is 20.0. The molecule has 1 aliphatic heterocycles. The Balaban J connectivity index is 1.33. The van der Waals surface area contributed by atoms with Crippen molar-refractivity contribution in [2.24, 2.45) is 5.92 Å². The minimum absolute atomic E-state index is 0.00353. The molecular formula is C25H33N3O3S. The highest BCUT2D eigenvalue weighted by molar-refractivity contribution is 7.92. The quantitative estimate of drug-likeness (QED) is 0.726. The number of benzene rings is 2. The largest absolute Gasteiger partial charge is 0.378 e. The standard InChI is InChI=1S/C25H33N3O3S/c1-27(2)21-10-8-19(9-11-21)14-17-26-24(29)20-12-15-25(16-13-20)18-28(32(3,30)31)23-7-5-4-6-22(23)25/h4-11,20H,12-18H2,1-3H3,(H,26,29). The molecule has 1 saturated carbocycles. The van der Waals surface area contributed by atoms with Crippen molar-refractivity contribution in [3.63, 3.8) is 0 Å². The highest BCUT2D eigenvalue weighted by atomic mass is 32.2. The smallest absolute Gasteiger partial charge is 0.232 e. The average molecular weight is 456 g/mol. The summed E-state index contributed by atoms with van der Waals surface area (Å²) in [6.07, 6.45) is 5.33. The van der Waals surface area contributed by atoms with Gasteiger partial charge in [-0.25, -0.2) is 8.42 Å². The van der Waals surface area contributed by atoms with Gasteiger partial charge in [-0.3, -0.25) is 9.10 Å². The first-order valence-corrected chi connectivity index (χ1v) is 13.2. The lowest BCUT2D eigenvalue weighted by Crippen LogP contribution is -2.42. The number of sulfonamides is 1. The SMILES string of the molecule is CN(C)c1ccc(CCNC(=O)C2CCC3(CC2)CN(S(C)(=O)=O)c2ccccc23)cc1. The summed E-state index contributed by atoms with van der Waals surface area (Å²) in [5, 5.41) is 3.11. The summed E-state index contributed by atoms with van der Waals surface area (Å²) in [4.78, 5) is 14.8. The minimum Gasteiger partial charge on any atom is -0.378 e. The number of nitrogens with zero attached hydrogens (tertiary/aromatic N) is 2. The van der Waals surface area contributed by atoms with Crippen LogP contribution in [0, 0.1) is 5.92 Å². The molecule has 0 saturated heterocycles. The highest BCUT2D eigenvalue weighted by Crippen LogP contribution is 2.50. The van der Waals surface area contributed by atoms with Crippen LogP contribution in [0.4, 0.5) is 11.4 Å². The number of amides is 1. The molecule has 1 amide bonds. The molecule has 0 radical (unpaired) electrons. The number of para-hydroxylation sites is 1. The first-order valence-electron chi connectivity index (χ1n) is 11.3. The van der Waals surface area contributed by atoms with Crippen molar-refractivity contribution >= 4 is 27.3 Å². The highest BCUT2D eigenvalue weighted by Gasteiger charge is 2.47. The average Bonchev–Trinajstić information content (AvgIpc) is 3.09. The maximum absolute atomic E-state index is 12.8. The van der Waals surface area contributed by atoms with Gasteiger partial charge in [0.2, 0.25) is 15.9 Å². The van der Waals surface area contributed by atoms with Gasteiger partial charge < -0.3 is 10.2 Å². The fourth-order valence-corrected chi connectivity index (χ4v) is 6.17. The van der Waals surface area contributed by atoms with Gasteiger partial charge in [-0.1, -0.05) is 30.3 Å². The molecule has 0 bridgehead atoms. The van der Waals surface area contributed by atoms with E-state index in [1.165, 1.54) is 11.8 Å². The van der Waals surface area contributed by atoms with Crippen LogP contribution in [0.2, 0.25) is 0 Å². The van der Waals surface area contributed by atoms with Crippen LogP contribution in [-0.2, 0) is 26.7 Å². The lowest BCUT2D eigenvalue weighted by molar-refractivity contribution is -0.126. The Morgan fingerprint density at radius 1 is 1.09 bits per heavy atom. The summed E-state index contributed by atoms with van der Waals surface area (Å²) >= 11 is 0. The molecule has 0 aromatic heterocycles. The molecule has 2 aliphatic rings. The number of carbonyl (C=O) groups excluding carboxylic acids is 1. The van der Waals surface area contributed by atoms with Crippen LogP contribution in [0.25, 0.3) is 0 Å². The summed E-state index contributed by atoms with van der Waals surface area (Å²) in [7, 11) is 0.725. The van der Waals surface area contributed by atoms with Crippen molar-refractivity contribution < 1.29 is 13.2 Å². The van der Waals surface area contributed by atoms with E-state index in [1.54, 1.807) is 4.31 Å². The van der Waals surface area contributed by atoms with Gasteiger partial charge in [-0.2, -0.15) is 0 Å². The number of anilines is 2. The van der Waals surface area contributed by atoms with Gasteiger partial charge in [-0.15, -0.1) is 0 Å². The maximum atomic E-state index is 12.8. The number of hydrogen-bond donors (Lipinski definition) is 1. The second-order valence-corrected chi connectivity index (χ2v) is 11.4. The Kier molecular flexibility index (Phi) is 6.21. The minimum atomic E-state index is -3.32. The molecule has 32 heavy (non-hydrogen) atoms. The Bertz CT molecular complexity index is 1070. The van der Waals surface area contributed by atoms with E-state index in [0.717, 1.165) is 49.0 Å². The first-order chi connectivity index (χ1) is 15.2. The lowest BCUT2D eigenvalue weighted by Gasteiger charge is -2.37. The van der Waals surface area contributed by atoms with E-state index in [-0.39, 0.29) is 17.2 Å². The summed E-state index contributed by atoms with van der Waals surface area (Å²) in [5.41, 5.74) is 4.12. The third-order valence-corrected chi connectivity index (χ3v) is 8.20. The van der Waals surface area contributed by atoms with Gasteiger partial charge in [0, 0.05) is 44.2 Å².